The predicted octanol–water partition coefficient (Wildman–Crippen LogP) is 3.10. The standard InChI is InChI=1S/C12H12ClFN2OS/c1-17-7-2-3-8(10(14)6-7)11(16-15)12-9(13)4-5-18-12/h2-6,11,16H,15H2,1H3. The van der Waals surface area contributed by atoms with Gasteiger partial charge in [0.2, 0.25) is 0 Å². The topological polar surface area (TPSA) is 47.3 Å². The molecular formula is C12H12ClFN2OS. The Morgan fingerprint density at radius 2 is 2.22 bits per heavy atom. The fourth-order valence-electron chi connectivity index (χ4n) is 1.69. The third-order valence-electron chi connectivity index (χ3n) is 2.59. The normalized spacial score (nSPS) is 12.4. The van der Waals surface area contributed by atoms with E-state index in [0.717, 1.165) is 4.88 Å². The first-order valence-electron chi connectivity index (χ1n) is 5.19. The Kier molecular flexibility index (Phi) is 4.19. The number of hydrogen-bond acceptors (Lipinski definition) is 4. The summed E-state index contributed by atoms with van der Waals surface area (Å²) in [7, 11) is 1.49. The van der Waals surface area contributed by atoms with Gasteiger partial charge in [-0.15, -0.1) is 11.3 Å². The molecule has 0 spiro atoms. The molecule has 0 aliphatic rings. The lowest BCUT2D eigenvalue weighted by molar-refractivity contribution is 0.410. The van der Waals surface area contributed by atoms with E-state index in [1.165, 1.54) is 24.5 Å². The Morgan fingerprint density at radius 3 is 2.72 bits per heavy atom. The van der Waals surface area contributed by atoms with Gasteiger partial charge in [-0.25, -0.2) is 9.82 Å². The van der Waals surface area contributed by atoms with Gasteiger partial charge in [0.1, 0.15) is 11.6 Å². The Hall–Kier alpha value is -1.14. The zero-order chi connectivity index (χ0) is 13.1. The van der Waals surface area contributed by atoms with Gasteiger partial charge in [-0.1, -0.05) is 17.7 Å². The predicted molar refractivity (Wildman–Crippen MR) is 71.4 cm³/mol. The van der Waals surface area contributed by atoms with Crippen LogP contribution in [-0.4, -0.2) is 7.11 Å². The van der Waals surface area contributed by atoms with Crippen molar-refractivity contribution in [3.05, 3.63) is 50.9 Å². The molecule has 6 heteroatoms. The molecule has 0 bridgehead atoms. The van der Waals surface area contributed by atoms with Gasteiger partial charge in [-0.2, -0.15) is 0 Å². The molecule has 0 saturated heterocycles. The van der Waals surface area contributed by atoms with Crippen molar-refractivity contribution in [1.29, 1.82) is 0 Å². The second-order valence-electron chi connectivity index (χ2n) is 3.62. The van der Waals surface area contributed by atoms with Crippen molar-refractivity contribution in [2.24, 2.45) is 5.84 Å². The number of benzene rings is 1. The van der Waals surface area contributed by atoms with E-state index in [0.29, 0.717) is 16.3 Å². The Labute approximate surface area is 113 Å². The zero-order valence-corrected chi connectivity index (χ0v) is 11.2. The highest BCUT2D eigenvalue weighted by Gasteiger charge is 2.20. The van der Waals surface area contributed by atoms with Gasteiger partial charge >= 0.3 is 0 Å². The number of rotatable bonds is 4. The molecule has 0 aliphatic carbocycles. The Bertz CT molecular complexity index is 547. The first kappa shape index (κ1) is 13.3. The molecule has 0 saturated carbocycles. The molecular weight excluding hydrogens is 275 g/mol. The number of nitrogens with two attached hydrogens (primary N) is 1. The van der Waals surface area contributed by atoms with Crippen molar-refractivity contribution >= 4 is 22.9 Å². The minimum absolute atomic E-state index is 0.387. The van der Waals surface area contributed by atoms with Crippen LogP contribution in [0.5, 0.6) is 5.75 Å². The first-order chi connectivity index (χ1) is 8.67. The lowest BCUT2D eigenvalue weighted by Crippen LogP contribution is -2.29. The highest BCUT2D eigenvalue weighted by atomic mass is 35.5. The van der Waals surface area contributed by atoms with Gasteiger partial charge in [-0.05, 0) is 17.5 Å². The third kappa shape index (κ3) is 2.49. The SMILES string of the molecule is COc1ccc(C(NN)c2sccc2Cl)c(F)c1. The van der Waals surface area contributed by atoms with E-state index in [9.17, 15) is 4.39 Å². The molecule has 3 N–H and O–H groups in total. The van der Waals surface area contributed by atoms with Crippen LogP contribution in [0.4, 0.5) is 4.39 Å². The number of methoxy groups -OCH3 is 1. The van der Waals surface area contributed by atoms with Crippen LogP contribution in [0, 0.1) is 5.82 Å². The van der Waals surface area contributed by atoms with Gasteiger partial charge in [0.15, 0.2) is 0 Å². The molecule has 3 nitrogen and oxygen atoms in total. The maximum absolute atomic E-state index is 14.0. The van der Waals surface area contributed by atoms with Crippen LogP contribution in [-0.2, 0) is 0 Å². The van der Waals surface area contributed by atoms with Crippen molar-refractivity contribution in [3.63, 3.8) is 0 Å². The molecule has 1 aromatic carbocycles. The van der Waals surface area contributed by atoms with Crippen LogP contribution in [0.15, 0.2) is 29.6 Å². The molecule has 2 rings (SSSR count). The Balaban J connectivity index is 2.42. The van der Waals surface area contributed by atoms with E-state index in [2.05, 4.69) is 5.43 Å². The summed E-state index contributed by atoms with van der Waals surface area (Å²) in [5.41, 5.74) is 3.02. The van der Waals surface area contributed by atoms with Crippen LogP contribution in [0.1, 0.15) is 16.5 Å². The number of thiophene rings is 1. The summed E-state index contributed by atoms with van der Waals surface area (Å²) in [6, 6.07) is 5.93. The van der Waals surface area contributed by atoms with E-state index in [1.54, 1.807) is 18.2 Å². The molecule has 1 aromatic heterocycles. The highest BCUT2D eigenvalue weighted by molar-refractivity contribution is 7.10. The molecule has 0 aliphatic heterocycles. The maximum atomic E-state index is 14.0. The van der Waals surface area contributed by atoms with Gasteiger partial charge in [0.05, 0.1) is 18.2 Å². The monoisotopic (exact) mass is 286 g/mol. The molecule has 18 heavy (non-hydrogen) atoms. The fraction of sp³-hybridized carbons (Fsp3) is 0.167. The van der Waals surface area contributed by atoms with Crippen molar-refractivity contribution in [2.75, 3.05) is 7.11 Å². The second kappa shape index (κ2) is 5.67. The van der Waals surface area contributed by atoms with E-state index in [4.69, 9.17) is 22.2 Å². The lowest BCUT2D eigenvalue weighted by atomic mass is 10.1. The van der Waals surface area contributed by atoms with E-state index >= 15 is 0 Å². The summed E-state index contributed by atoms with van der Waals surface area (Å²) >= 11 is 7.47. The zero-order valence-electron chi connectivity index (χ0n) is 9.61. The van der Waals surface area contributed by atoms with Crippen LogP contribution in [0.25, 0.3) is 0 Å². The van der Waals surface area contributed by atoms with Gasteiger partial charge in [-0.3, -0.25) is 5.84 Å². The summed E-state index contributed by atoms with van der Waals surface area (Å²) in [6.07, 6.45) is 0. The molecule has 1 unspecified atom stereocenters. The first-order valence-corrected chi connectivity index (χ1v) is 6.45. The lowest BCUT2D eigenvalue weighted by Gasteiger charge is -2.16. The quantitative estimate of drug-likeness (QED) is 0.671. The van der Waals surface area contributed by atoms with Crippen molar-refractivity contribution in [3.8, 4) is 5.75 Å². The molecule has 0 radical (unpaired) electrons. The minimum atomic E-state index is -0.469. The van der Waals surface area contributed by atoms with E-state index in [-0.39, 0.29) is 5.82 Å². The fourth-order valence-corrected chi connectivity index (χ4v) is 2.93. The summed E-state index contributed by atoms with van der Waals surface area (Å²) in [5.74, 6) is 5.58. The summed E-state index contributed by atoms with van der Waals surface area (Å²) in [4.78, 5) is 0.781. The number of hydrazine groups is 1. The number of halogens is 2. The second-order valence-corrected chi connectivity index (χ2v) is 4.97. The average Bonchev–Trinajstić information content (AvgIpc) is 2.78. The van der Waals surface area contributed by atoms with Crippen LogP contribution in [0.3, 0.4) is 0 Å². The number of hydrogen-bond donors (Lipinski definition) is 2. The van der Waals surface area contributed by atoms with Crippen LogP contribution in [0.2, 0.25) is 5.02 Å². The summed E-state index contributed by atoms with van der Waals surface area (Å²) in [6.45, 7) is 0. The average molecular weight is 287 g/mol. The van der Waals surface area contributed by atoms with Crippen molar-refractivity contribution < 1.29 is 9.13 Å². The van der Waals surface area contributed by atoms with Crippen molar-refractivity contribution in [2.45, 2.75) is 6.04 Å². The third-order valence-corrected chi connectivity index (χ3v) is 4.02. The molecule has 96 valence electrons. The highest BCUT2D eigenvalue weighted by Crippen LogP contribution is 2.34. The smallest absolute Gasteiger partial charge is 0.132 e. The minimum Gasteiger partial charge on any atom is -0.497 e. The summed E-state index contributed by atoms with van der Waals surface area (Å²) in [5, 5.41) is 2.40. The molecule has 1 heterocycles. The van der Waals surface area contributed by atoms with Crippen LogP contribution < -0.4 is 16.0 Å². The van der Waals surface area contributed by atoms with E-state index in [1.807, 2.05) is 5.38 Å². The number of ether oxygens (including phenoxy) is 1. The van der Waals surface area contributed by atoms with Crippen molar-refractivity contribution in [1.82, 2.24) is 5.43 Å². The molecule has 1 atom stereocenters. The van der Waals surface area contributed by atoms with E-state index < -0.39 is 6.04 Å². The largest absolute Gasteiger partial charge is 0.497 e. The van der Waals surface area contributed by atoms with Gasteiger partial charge in [0, 0.05) is 16.5 Å². The molecule has 0 amide bonds. The maximum Gasteiger partial charge on any atom is 0.132 e. The Morgan fingerprint density at radius 1 is 1.44 bits per heavy atom. The molecule has 2 aromatic rings. The molecule has 0 fully saturated rings. The van der Waals surface area contributed by atoms with Crippen LogP contribution >= 0.6 is 22.9 Å². The van der Waals surface area contributed by atoms with Gasteiger partial charge < -0.3 is 4.74 Å². The summed E-state index contributed by atoms with van der Waals surface area (Å²) < 4.78 is 18.9. The number of nitrogens with one attached hydrogen (secondary N) is 1. The van der Waals surface area contributed by atoms with Gasteiger partial charge in [0.25, 0.3) is 0 Å².